The van der Waals surface area contributed by atoms with Crippen LogP contribution in [0.5, 0.6) is 0 Å². The van der Waals surface area contributed by atoms with E-state index in [0.717, 1.165) is 59.8 Å². The minimum absolute atomic E-state index is 0.655. The summed E-state index contributed by atoms with van der Waals surface area (Å²) in [6.45, 7) is 0. The molecule has 5 heteroatoms. The first-order valence-corrected chi connectivity index (χ1v) is 17.2. The lowest BCUT2D eigenvalue weighted by Gasteiger charge is -2.10. The molecule has 11 rings (SSSR count). The molecule has 0 N–H and O–H groups in total. The van der Waals surface area contributed by atoms with Crippen molar-refractivity contribution in [3.8, 4) is 28.3 Å². The fraction of sp³-hybridized carbons (Fsp3) is 0. The molecule has 4 nitrogen and oxygen atoms in total. The average Bonchev–Trinajstić information content (AvgIpc) is 3.83. The highest BCUT2D eigenvalue weighted by Crippen LogP contribution is 2.42. The van der Waals surface area contributed by atoms with Crippen LogP contribution in [0.4, 0.5) is 0 Å². The third-order valence-electron chi connectivity index (χ3n) is 9.82. The highest BCUT2D eigenvalue weighted by molar-refractivity contribution is 7.26. The van der Waals surface area contributed by atoms with Crippen molar-refractivity contribution in [1.82, 2.24) is 14.5 Å². The maximum Gasteiger partial charge on any atom is 0.235 e. The molecule has 7 aromatic carbocycles. The first-order chi connectivity index (χ1) is 24.3. The predicted octanol–water partition coefficient (Wildman–Crippen LogP) is 12.3. The Kier molecular flexibility index (Phi) is 5.51. The zero-order valence-electron chi connectivity index (χ0n) is 26.1. The van der Waals surface area contributed by atoms with Gasteiger partial charge in [-0.3, -0.25) is 4.57 Å². The van der Waals surface area contributed by atoms with E-state index in [1.807, 2.05) is 12.1 Å². The van der Waals surface area contributed by atoms with Gasteiger partial charge in [0.2, 0.25) is 5.95 Å². The van der Waals surface area contributed by atoms with Crippen molar-refractivity contribution >= 4 is 86.2 Å². The van der Waals surface area contributed by atoms with Gasteiger partial charge in [0, 0.05) is 37.2 Å². The number of hydrogen-bond donors (Lipinski definition) is 0. The third-order valence-corrected chi connectivity index (χ3v) is 11.0. The molecule has 0 atom stereocenters. The Morgan fingerprint density at radius 2 is 1.10 bits per heavy atom. The second-order valence-electron chi connectivity index (χ2n) is 12.6. The Morgan fingerprint density at radius 1 is 0.469 bits per heavy atom. The molecule has 0 saturated carbocycles. The van der Waals surface area contributed by atoms with Gasteiger partial charge in [-0.25, -0.2) is 9.97 Å². The topological polar surface area (TPSA) is 43.9 Å². The summed E-state index contributed by atoms with van der Waals surface area (Å²) >= 11 is 1.75. The van der Waals surface area contributed by atoms with Crippen LogP contribution in [0.1, 0.15) is 0 Å². The Balaban J connectivity index is 1.19. The molecule has 4 heterocycles. The first kappa shape index (κ1) is 26.7. The Morgan fingerprint density at radius 3 is 1.94 bits per heavy atom. The molecule has 0 spiro atoms. The van der Waals surface area contributed by atoms with E-state index >= 15 is 0 Å². The molecule has 0 saturated heterocycles. The maximum absolute atomic E-state index is 6.35. The van der Waals surface area contributed by atoms with Gasteiger partial charge in [0.15, 0.2) is 0 Å². The van der Waals surface area contributed by atoms with Gasteiger partial charge in [0.25, 0.3) is 0 Å². The maximum atomic E-state index is 6.35. The Bertz CT molecular complexity index is 3070. The van der Waals surface area contributed by atoms with Crippen LogP contribution in [0.15, 0.2) is 156 Å². The Hall–Kier alpha value is -6.30. The smallest absolute Gasteiger partial charge is 0.235 e. The first-order valence-electron chi connectivity index (χ1n) is 16.4. The third kappa shape index (κ3) is 3.97. The summed E-state index contributed by atoms with van der Waals surface area (Å²) in [7, 11) is 0. The fourth-order valence-corrected chi connectivity index (χ4v) is 8.68. The van der Waals surface area contributed by atoms with Crippen LogP contribution in [0.3, 0.4) is 0 Å². The summed E-state index contributed by atoms with van der Waals surface area (Å²) in [5.74, 6) is 0.655. The second kappa shape index (κ2) is 10.1. The normalized spacial score (nSPS) is 12.1. The van der Waals surface area contributed by atoms with Crippen LogP contribution in [0.25, 0.3) is 103 Å². The van der Waals surface area contributed by atoms with Crippen molar-refractivity contribution in [3.63, 3.8) is 0 Å². The van der Waals surface area contributed by atoms with E-state index in [1.165, 1.54) is 37.4 Å². The zero-order chi connectivity index (χ0) is 32.1. The van der Waals surface area contributed by atoms with E-state index in [1.54, 1.807) is 11.3 Å². The number of furan rings is 1. The number of nitrogens with zero attached hydrogens (tertiary/aromatic N) is 3. The fourth-order valence-electron chi connectivity index (χ4n) is 7.49. The molecule has 0 unspecified atom stereocenters. The number of para-hydroxylation sites is 3. The van der Waals surface area contributed by atoms with Gasteiger partial charge in [0.05, 0.1) is 26.9 Å². The number of benzene rings is 7. The monoisotopic (exact) mass is 643 g/mol. The van der Waals surface area contributed by atoms with E-state index in [9.17, 15) is 0 Å². The zero-order valence-corrected chi connectivity index (χ0v) is 26.9. The molecule has 11 aromatic rings. The summed E-state index contributed by atoms with van der Waals surface area (Å²) in [6, 6.07) is 53.7. The van der Waals surface area contributed by atoms with Gasteiger partial charge in [-0.1, -0.05) is 109 Å². The Labute approximate surface area is 284 Å². The van der Waals surface area contributed by atoms with E-state index in [4.69, 9.17) is 14.4 Å². The van der Waals surface area contributed by atoms with Crippen molar-refractivity contribution in [2.45, 2.75) is 0 Å². The van der Waals surface area contributed by atoms with Crippen LogP contribution in [-0.4, -0.2) is 14.5 Å². The molecule has 0 amide bonds. The second-order valence-corrected chi connectivity index (χ2v) is 13.7. The van der Waals surface area contributed by atoms with Gasteiger partial charge >= 0.3 is 0 Å². The summed E-state index contributed by atoms with van der Waals surface area (Å²) in [5, 5.41) is 8.19. The lowest BCUT2D eigenvalue weighted by molar-refractivity contribution is 0.669. The van der Waals surface area contributed by atoms with Gasteiger partial charge in [-0.15, -0.1) is 11.3 Å². The van der Waals surface area contributed by atoms with Crippen molar-refractivity contribution in [1.29, 1.82) is 0 Å². The summed E-state index contributed by atoms with van der Waals surface area (Å²) in [6.07, 6.45) is 0. The van der Waals surface area contributed by atoms with E-state index in [0.29, 0.717) is 5.95 Å². The van der Waals surface area contributed by atoms with Crippen molar-refractivity contribution in [2.24, 2.45) is 0 Å². The molecule has 0 fully saturated rings. The molecule has 0 aliphatic rings. The molecule has 4 aromatic heterocycles. The van der Waals surface area contributed by atoms with Crippen LogP contribution >= 0.6 is 11.3 Å². The molecule has 0 aliphatic heterocycles. The lowest BCUT2D eigenvalue weighted by atomic mass is 10.0. The molecule has 0 radical (unpaired) electrons. The van der Waals surface area contributed by atoms with Gasteiger partial charge < -0.3 is 4.42 Å². The van der Waals surface area contributed by atoms with Gasteiger partial charge in [0.1, 0.15) is 11.2 Å². The molecule has 0 bridgehead atoms. The van der Waals surface area contributed by atoms with Crippen molar-refractivity contribution in [3.05, 3.63) is 152 Å². The standard InChI is InChI=1S/C44H25N3OS/c1-2-10-27-23-28(18-17-26(27)9-1)29-19-22-35-40(25-29)49-43-41(30-20-21-34-33-13-5-8-16-38(33)48-39(34)24-30)45-44(46-42(35)43)47-36-14-6-3-11-31(36)32-12-4-7-15-37(32)47/h1-25H. The van der Waals surface area contributed by atoms with Crippen molar-refractivity contribution in [2.75, 3.05) is 0 Å². The highest BCUT2D eigenvalue weighted by Gasteiger charge is 2.21. The number of fused-ring (bicyclic) bond motifs is 10. The summed E-state index contributed by atoms with van der Waals surface area (Å²) in [5.41, 5.74) is 9.15. The van der Waals surface area contributed by atoms with Crippen LogP contribution in [0, 0.1) is 0 Å². The van der Waals surface area contributed by atoms with E-state index < -0.39 is 0 Å². The molecular weight excluding hydrogens is 619 g/mol. The summed E-state index contributed by atoms with van der Waals surface area (Å²) < 4.78 is 10.8. The van der Waals surface area contributed by atoms with Gasteiger partial charge in [-0.2, -0.15) is 0 Å². The SMILES string of the molecule is c1ccc2cc(-c3ccc4c(c3)sc3c(-c5ccc6c(c5)oc5ccccc56)nc(-n5c6ccccc6c6ccccc65)nc34)ccc2c1. The van der Waals surface area contributed by atoms with E-state index in [2.05, 4.69) is 144 Å². The molecule has 0 aliphatic carbocycles. The average molecular weight is 644 g/mol. The largest absolute Gasteiger partial charge is 0.456 e. The highest BCUT2D eigenvalue weighted by atomic mass is 32.1. The minimum atomic E-state index is 0.655. The van der Waals surface area contributed by atoms with E-state index in [-0.39, 0.29) is 0 Å². The minimum Gasteiger partial charge on any atom is -0.456 e. The predicted molar refractivity (Wildman–Crippen MR) is 205 cm³/mol. The molecule has 49 heavy (non-hydrogen) atoms. The lowest BCUT2D eigenvalue weighted by Crippen LogP contribution is -2.02. The van der Waals surface area contributed by atoms with Crippen molar-refractivity contribution < 1.29 is 4.42 Å². The summed E-state index contributed by atoms with van der Waals surface area (Å²) in [4.78, 5) is 10.8. The van der Waals surface area contributed by atoms with Crippen LogP contribution in [-0.2, 0) is 0 Å². The number of rotatable bonds is 3. The van der Waals surface area contributed by atoms with Crippen LogP contribution in [0.2, 0.25) is 0 Å². The number of thiophene rings is 1. The van der Waals surface area contributed by atoms with Crippen LogP contribution < -0.4 is 0 Å². The quantitative estimate of drug-likeness (QED) is 0.192. The number of hydrogen-bond acceptors (Lipinski definition) is 4. The number of aromatic nitrogens is 3. The molecule has 228 valence electrons. The van der Waals surface area contributed by atoms with Gasteiger partial charge in [-0.05, 0) is 64.4 Å². The molecular formula is C44H25N3OS.